The average molecular weight is 251 g/mol. The predicted octanol–water partition coefficient (Wildman–Crippen LogP) is 2.96. The van der Waals surface area contributed by atoms with Crippen molar-refractivity contribution in [1.82, 2.24) is 0 Å². The first-order valence-electron chi connectivity index (χ1n) is 4.21. The van der Waals surface area contributed by atoms with Crippen molar-refractivity contribution in [1.29, 1.82) is 0 Å². The van der Waals surface area contributed by atoms with E-state index in [9.17, 15) is 32.5 Å². The summed E-state index contributed by atoms with van der Waals surface area (Å²) in [7, 11) is 0. The van der Waals surface area contributed by atoms with E-state index < -0.39 is 39.5 Å². The maximum atomic E-state index is 13.0. The molecule has 0 saturated carbocycles. The van der Waals surface area contributed by atoms with Gasteiger partial charge in [0.15, 0.2) is 5.78 Å². The monoisotopic (exact) mass is 251 g/mol. The number of nitro groups is 1. The lowest BCUT2D eigenvalue weighted by molar-refractivity contribution is -0.390. The van der Waals surface area contributed by atoms with Gasteiger partial charge in [-0.05, 0) is 19.1 Å². The minimum atomic E-state index is -5.18. The van der Waals surface area contributed by atoms with E-state index in [1.54, 1.807) is 0 Å². The minimum absolute atomic E-state index is 0.462. The number of hydrogen-bond donors (Lipinski definition) is 0. The molecule has 0 amide bonds. The van der Waals surface area contributed by atoms with Gasteiger partial charge < -0.3 is 0 Å². The van der Waals surface area contributed by atoms with Gasteiger partial charge in [0.05, 0.1) is 4.92 Å². The van der Waals surface area contributed by atoms with E-state index in [1.165, 1.54) is 0 Å². The third kappa shape index (κ3) is 2.40. The second-order valence-corrected chi connectivity index (χ2v) is 3.13. The largest absolute Gasteiger partial charge is 0.423 e. The fourth-order valence-electron chi connectivity index (χ4n) is 1.32. The summed E-state index contributed by atoms with van der Waals surface area (Å²) in [6.45, 7) is 0.812. The first-order chi connectivity index (χ1) is 7.66. The Morgan fingerprint density at radius 2 is 1.88 bits per heavy atom. The van der Waals surface area contributed by atoms with Crippen LogP contribution in [0.1, 0.15) is 22.8 Å². The molecule has 0 saturated heterocycles. The quantitative estimate of drug-likeness (QED) is 0.351. The Morgan fingerprint density at radius 3 is 2.24 bits per heavy atom. The number of benzene rings is 1. The van der Waals surface area contributed by atoms with Crippen molar-refractivity contribution in [3.8, 4) is 0 Å². The highest BCUT2D eigenvalue weighted by molar-refractivity contribution is 5.96. The zero-order chi connectivity index (χ0) is 13.4. The van der Waals surface area contributed by atoms with E-state index in [2.05, 4.69) is 0 Å². The van der Waals surface area contributed by atoms with Gasteiger partial charge in [-0.2, -0.15) is 17.6 Å². The average Bonchev–Trinajstić information content (AvgIpc) is 2.14. The van der Waals surface area contributed by atoms with Crippen LogP contribution >= 0.6 is 0 Å². The standard InChI is InChI=1S/C9H5F4NO3/c1-4(15)5-2-3-6(10)8(14(16)17)7(5)9(11,12)13/h2-3H,1H3. The van der Waals surface area contributed by atoms with Crippen molar-refractivity contribution in [2.24, 2.45) is 0 Å². The van der Waals surface area contributed by atoms with E-state index in [-0.39, 0.29) is 0 Å². The molecule has 0 atom stereocenters. The molecule has 0 spiro atoms. The van der Waals surface area contributed by atoms with E-state index in [4.69, 9.17) is 0 Å². The molecule has 0 N–H and O–H groups in total. The molecule has 92 valence electrons. The summed E-state index contributed by atoms with van der Waals surface area (Å²) in [5, 5.41) is 10.4. The van der Waals surface area contributed by atoms with Crippen LogP contribution in [0.3, 0.4) is 0 Å². The normalized spacial score (nSPS) is 11.4. The highest BCUT2D eigenvalue weighted by Crippen LogP contribution is 2.40. The lowest BCUT2D eigenvalue weighted by Crippen LogP contribution is -2.15. The van der Waals surface area contributed by atoms with Crippen LogP contribution in [0.25, 0.3) is 0 Å². The molecular weight excluding hydrogens is 246 g/mol. The summed E-state index contributed by atoms with van der Waals surface area (Å²) in [5.41, 5.74) is -4.51. The Kier molecular flexibility index (Phi) is 3.16. The molecular formula is C9H5F4NO3. The minimum Gasteiger partial charge on any atom is -0.294 e. The molecule has 4 nitrogen and oxygen atoms in total. The molecule has 0 aliphatic heterocycles. The number of nitro benzene ring substituents is 1. The first-order valence-corrected chi connectivity index (χ1v) is 4.21. The second-order valence-electron chi connectivity index (χ2n) is 3.13. The second kappa shape index (κ2) is 4.11. The molecule has 0 fully saturated rings. The topological polar surface area (TPSA) is 60.2 Å². The highest BCUT2D eigenvalue weighted by Gasteiger charge is 2.43. The van der Waals surface area contributed by atoms with Crippen molar-refractivity contribution in [3.05, 3.63) is 39.2 Å². The summed E-state index contributed by atoms with van der Waals surface area (Å²) >= 11 is 0. The number of carbonyl (C=O) groups excluding carboxylic acids is 1. The maximum absolute atomic E-state index is 13.0. The molecule has 0 aromatic heterocycles. The zero-order valence-corrected chi connectivity index (χ0v) is 8.34. The number of halogens is 4. The summed E-state index contributed by atoms with van der Waals surface area (Å²) in [5.74, 6) is -2.66. The number of alkyl halides is 3. The highest BCUT2D eigenvalue weighted by atomic mass is 19.4. The van der Waals surface area contributed by atoms with Crippen LogP contribution in [0.15, 0.2) is 12.1 Å². The van der Waals surface area contributed by atoms with Crippen LogP contribution in [0, 0.1) is 15.9 Å². The van der Waals surface area contributed by atoms with E-state index in [1.807, 2.05) is 0 Å². The number of ketones is 1. The molecule has 0 aliphatic rings. The van der Waals surface area contributed by atoms with Crippen LogP contribution in [-0.2, 0) is 6.18 Å². The van der Waals surface area contributed by atoms with E-state index in [0.717, 1.165) is 6.92 Å². The van der Waals surface area contributed by atoms with Gasteiger partial charge >= 0.3 is 11.9 Å². The molecule has 1 aromatic carbocycles. The van der Waals surface area contributed by atoms with Gasteiger partial charge in [-0.3, -0.25) is 14.9 Å². The molecule has 1 aromatic rings. The Labute approximate surface area is 92.0 Å². The van der Waals surface area contributed by atoms with Crippen molar-refractivity contribution in [2.75, 3.05) is 0 Å². The summed E-state index contributed by atoms with van der Waals surface area (Å²) in [4.78, 5) is 19.9. The lowest BCUT2D eigenvalue weighted by Gasteiger charge is -2.11. The number of Topliss-reactive ketones (excluding diaryl/α,β-unsaturated/α-hetero) is 1. The fraction of sp³-hybridized carbons (Fsp3) is 0.222. The van der Waals surface area contributed by atoms with Crippen LogP contribution in [0.2, 0.25) is 0 Å². The van der Waals surface area contributed by atoms with Crippen molar-refractivity contribution < 1.29 is 27.3 Å². The molecule has 0 aliphatic carbocycles. The molecule has 0 unspecified atom stereocenters. The van der Waals surface area contributed by atoms with Gasteiger partial charge in [-0.15, -0.1) is 0 Å². The summed E-state index contributed by atoms with van der Waals surface area (Å²) in [6.07, 6.45) is -5.18. The van der Waals surface area contributed by atoms with Crippen LogP contribution < -0.4 is 0 Å². The first kappa shape index (κ1) is 13.1. The maximum Gasteiger partial charge on any atom is 0.423 e. The molecule has 0 heterocycles. The lowest BCUT2D eigenvalue weighted by atomic mass is 10.0. The Hall–Kier alpha value is -1.99. The van der Waals surface area contributed by atoms with Gasteiger partial charge in [0.25, 0.3) is 0 Å². The van der Waals surface area contributed by atoms with E-state index in [0.29, 0.717) is 12.1 Å². The van der Waals surface area contributed by atoms with Gasteiger partial charge in [0.2, 0.25) is 5.82 Å². The van der Waals surface area contributed by atoms with E-state index >= 15 is 0 Å². The van der Waals surface area contributed by atoms with Gasteiger partial charge in [-0.25, -0.2) is 0 Å². The number of nitrogens with zero attached hydrogens (tertiary/aromatic N) is 1. The number of hydrogen-bond acceptors (Lipinski definition) is 3. The smallest absolute Gasteiger partial charge is 0.294 e. The molecule has 0 bridgehead atoms. The summed E-state index contributed by atoms with van der Waals surface area (Å²) < 4.78 is 50.8. The Bertz CT molecular complexity index is 496. The SMILES string of the molecule is CC(=O)c1ccc(F)c([N+](=O)[O-])c1C(F)(F)F. The predicted molar refractivity (Wildman–Crippen MR) is 48.1 cm³/mol. The van der Waals surface area contributed by atoms with Crippen LogP contribution in [0.4, 0.5) is 23.2 Å². The van der Waals surface area contributed by atoms with Crippen molar-refractivity contribution in [2.45, 2.75) is 13.1 Å². The number of rotatable bonds is 2. The summed E-state index contributed by atoms with van der Waals surface area (Å²) in [6, 6.07) is 1.04. The van der Waals surface area contributed by atoms with Crippen LogP contribution in [-0.4, -0.2) is 10.7 Å². The number of carbonyl (C=O) groups is 1. The van der Waals surface area contributed by atoms with Gasteiger partial charge in [0.1, 0.15) is 5.56 Å². The zero-order valence-electron chi connectivity index (χ0n) is 8.34. The molecule has 17 heavy (non-hydrogen) atoms. The molecule has 1 rings (SSSR count). The molecule has 8 heteroatoms. The van der Waals surface area contributed by atoms with Gasteiger partial charge in [-0.1, -0.05) is 0 Å². The van der Waals surface area contributed by atoms with Crippen LogP contribution in [0.5, 0.6) is 0 Å². The third-order valence-electron chi connectivity index (χ3n) is 1.97. The Balaban J connectivity index is 3.75. The molecule has 0 radical (unpaired) electrons. The van der Waals surface area contributed by atoms with Crippen molar-refractivity contribution >= 4 is 11.5 Å². The van der Waals surface area contributed by atoms with Crippen molar-refractivity contribution in [3.63, 3.8) is 0 Å². The van der Waals surface area contributed by atoms with Gasteiger partial charge in [0, 0.05) is 5.56 Å². The fourth-order valence-corrected chi connectivity index (χ4v) is 1.32. The third-order valence-corrected chi connectivity index (χ3v) is 1.97. The Morgan fingerprint density at radius 1 is 1.35 bits per heavy atom.